The molecule has 1 aromatic carbocycles. The highest BCUT2D eigenvalue weighted by Crippen LogP contribution is 2.33. The van der Waals surface area contributed by atoms with Gasteiger partial charge in [-0.3, -0.25) is 14.3 Å². The largest absolute Gasteiger partial charge is 0.416 e. The van der Waals surface area contributed by atoms with Gasteiger partial charge in [-0.1, -0.05) is 17.8 Å². The second kappa shape index (κ2) is 9.32. The van der Waals surface area contributed by atoms with Crippen LogP contribution in [0.15, 0.2) is 53.9 Å². The van der Waals surface area contributed by atoms with Gasteiger partial charge in [0.1, 0.15) is 0 Å². The van der Waals surface area contributed by atoms with Crippen molar-refractivity contribution < 1.29 is 18.0 Å². The topological polar surface area (TPSA) is 63.9 Å². The summed E-state index contributed by atoms with van der Waals surface area (Å²) in [6.07, 6.45) is 1.75. The molecule has 1 aliphatic heterocycles. The summed E-state index contributed by atoms with van der Waals surface area (Å²) in [5.41, 5.74) is 0.111. The van der Waals surface area contributed by atoms with Crippen LogP contribution >= 0.6 is 11.8 Å². The van der Waals surface area contributed by atoms with E-state index in [1.165, 1.54) is 17.8 Å². The van der Waals surface area contributed by atoms with Crippen molar-refractivity contribution in [1.82, 2.24) is 24.6 Å². The third-order valence-electron chi connectivity index (χ3n) is 5.43. The van der Waals surface area contributed by atoms with Gasteiger partial charge in [0.25, 0.3) is 0 Å². The highest BCUT2D eigenvalue weighted by atomic mass is 32.2. The molecule has 1 amide bonds. The molecule has 0 spiro atoms. The number of hydrogen-bond donors (Lipinski definition) is 0. The van der Waals surface area contributed by atoms with Crippen molar-refractivity contribution in [3.05, 3.63) is 54.4 Å². The van der Waals surface area contributed by atoms with E-state index in [4.69, 9.17) is 0 Å². The number of thioether (sulfide) groups is 1. The van der Waals surface area contributed by atoms with Gasteiger partial charge >= 0.3 is 6.18 Å². The van der Waals surface area contributed by atoms with Crippen LogP contribution in [0.4, 0.5) is 13.2 Å². The first kappa shape index (κ1) is 22.3. The first-order valence-corrected chi connectivity index (χ1v) is 11.3. The van der Waals surface area contributed by atoms with E-state index < -0.39 is 11.7 Å². The minimum atomic E-state index is -4.48. The van der Waals surface area contributed by atoms with Crippen molar-refractivity contribution in [2.45, 2.75) is 43.6 Å². The molecule has 168 valence electrons. The Balaban J connectivity index is 1.68. The first-order valence-electron chi connectivity index (χ1n) is 10.3. The number of aromatic nitrogens is 4. The normalized spacial score (nSPS) is 16.9. The molecule has 0 bridgehead atoms. The maximum absolute atomic E-state index is 13.3. The smallest absolute Gasteiger partial charge is 0.339 e. The van der Waals surface area contributed by atoms with E-state index in [1.807, 2.05) is 11.8 Å². The van der Waals surface area contributed by atoms with Crippen LogP contribution in [0.5, 0.6) is 0 Å². The average molecular weight is 462 g/mol. The summed E-state index contributed by atoms with van der Waals surface area (Å²) in [7, 11) is 0. The number of nitrogens with zero attached hydrogens (tertiary/aromatic N) is 5. The third kappa shape index (κ3) is 4.79. The number of piperidine rings is 1. The molecular formula is C22H22F3N5OS. The maximum Gasteiger partial charge on any atom is 0.416 e. The fourth-order valence-corrected chi connectivity index (χ4v) is 4.62. The Morgan fingerprint density at radius 2 is 2.03 bits per heavy atom. The number of carbonyl (C=O) groups is 1. The Kier molecular flexibility index (Phi) is 6.50. The Bertz CT molecular complexity index is 1090. The van der Waals surface area contributed by atoms with Crippen molar-refractivity contribution in [3.63, 3.8) is 0 Å². The van der Waals surface area contributed by atoms with E-state index in [2.05, 4.69) is 15.2 Å². The van der Waals surface area contributed by atoms with Crippen molar-refractivity contribution in [2.24, 2.45) is 0 Å². The van der Waals surface area contributed by atoms with Crippen LogP contribution < -0.4 is 0 Å². The van der Waals surface area contributed by atoms with E-state index in [-0.39, 0.29) is 23.4 Å². The minimum absolute atomic E-state index is 0.0104. The number of likely N-dealkylation sites (tertiary alicyclic amines) is 1. The lowest BCUT2D eigenvalue weighted by molar-refractivity contribution is -0.137. The number of pyridine rings is 1. The molecular weight excluding hydrogens is 439 g/mol. The third-order valence-corrected chi connectivity index (χ3v) is 6.35. The Morgan fingerprint density at radius 3 is 2.75 bits per heavy atom. The Morgan fingerprint density at radius 1 is 1.19 bits per heavy atom. The van der Waals surface area contributed by atoms with E-state index in [0.717, 1.165) is 37.9 Å². The van der Waals surface area contributed by atoms with E-state index in [9.17, 15) is 18.0 Å². The van der Waals surface area contributed by atoms with Gasteiger partial charge in [0.05, 0.1) is 17.0 Å². The van der Waals surface area contributed by atoms with Crippen LogP contribution in [0.2, 0.25) is 0 Å². The zero-order valence-electron chi connectivity index (χ0n) is 17.4. The molecule has 0 saturated carbocycles. The monoisotopic (exact) mass is 461 g/mol. The van der Waals surface area contributed by atoms with Crippen LogP contribution in [0.1, 0.15) is 31.7 Å². The molecule has 4 rings (SSSR count). The van der Waals surface area contributed by atoms with Crippen LogP contribution in [0.25, 0.3) is 17.1 Å². The number of benzene rings is 1. The van der Waals surface area contributed by atoms with E-state index in [0.29, 0.717) is 16.5 Å². The van der Waals surface area contributed by atoms with Gasteiger partial charge in [0, 0.05) is 30.5 Å². The molecule has 1 saturated heterocycles. The van der Waals surface area contributed by atoms with Crippen molar-refractivity contribution in [3.8, 4) is 17.1 Å². The summed E-state index contributed by atoms with van der Waals surface area (Å²) in [6.45, 7) is 2.76. The SMILES string of the molecule is CC1CCCCN1C(=O)CSc1nnc(-c2cccnc2)n1-c1cccc(C(F)(F)F)c1. The number of halogens is 3. The van der Waals surface area contributed by atoms with Gasteiger partial charge < -0.3 is 4.90 Å². The minimum Gasteiger partial charge on any atom is -0.339 e. The van der Waals surface area contributed by atoms with Crippen molar-refractivity contribution >= 4 is 17.7 Å². The lowest BCUT2D eigenvalue weighted by atomic mass is 10.0. The number of carbonyl (C=O) groups excluding carboxylic acids is 1. The van der Waals surface area contributed by atoms with Gasteiger partial charge in [-0.15, -0.1) is 10.2 Å². The average Bonchev–Trinajstić information content (AvgIpc) is 3.22. The van der Waals surface area contributed by atoms with Crippen molar-refractivity contribution in [2.75, 3.05) is 12.3 Å². The summed E-state index contributed by atoms with van der Waals surface area (Å²) in [5, 5.41) is 8.75. The number of rotatable bonds is 5. The van der Waals surface area contributed by atoms with Crippen molar-refractivity contribution in [1.29, 1.82) is 0 Å². The van der Waals surface area contributed by atoms with Crippen LogP contribution in [0.3, 0.4) is 0 Å². The number of alkyl halides is 3. The zero-order chi connectivity index (χ0) is 22.7. The quantitative estimate of drug-likeness (QED) is 0.509. The highest BCUT2D eigenvalue weighted by Gasteiger charge is 2.31. The zero-order valence-corrected chi connectivity index (χ0v) is 18.2. The molecule has 1 aliphatic rings. The summed E-state index contributed by atoms with van der Waals surface area (Å²) < 4.78 is 41.5. The lowest BCUT2D eigenvalue weighted by Crippen LogP contribution is -2.42. The standard InChI is InChI=1S/C22H22F3N5OS/c1-15-6-2-3-11-29(15)19(31)14-32-21-28-27-20(16-7-5-10-26-13-16)30(21)18-9-4-8-17(12-18)22(23,24)25/h4-5,7-10,12-13,15H,2-3,6,11,14H2,1H3. The van der Waals surface area contributed by atoms with Crippen LogP contribution in [-0.4, -0.2) is 48.9 Å². The van der Waals surface area contributed by atoms with E-state index >= 15 is 0 Å². The summed E-state index contributed by atoms with van der Waals surface area (Å²) in [6, 6.07) is 8.65. The fourth-order valence-electron chi connectivity index (χ4n) is 3.78. The molecule has 0 aliphatic carbocycles. The second-order valence-corrected chi connectivity index (χ2v) is 8.59. The van der Waals surface area contributed by atoms with E-state index in [1.54, 1.807) is 35.2 Å². The van der Waals surface area contributed by atoms with Crippen LogP contribution in [-0.2, 0) is 11.0 Å². The first-order chi connectivity index (χ1) is 15.3. The Hall–Kier alpha value is -2.88. The van der Waals surface area contributed by atoms with Gasteiger partial charge in [0.15, 0.2) is 11.0 Å². The molecule has 6 nitrogen and oxygen atoms in total. The lowest BCUT2D eigenvalue weighted by Gasteiger charge is -2.33. The van der Waals surface area contributed by atoms with Gasteiger partial charge in [-0.05, 0) is 56.5 Å². The maximum atomic E-state index is 13.3. The molecule has 3 heterocycles. The molecule has 1 unspecified atom stereocenters. The second-order valence-electron chi connectivity index (χ2n) is 7.65. The summed E-state index contributed by atoms with van der Waals surface area (Å²) in [4.78, 5) is 18.7. The molecule has 3 aromatic rings. The Labute approximate surface area is 187 Å². The number of hydrogen-bond acceptors (Lipinski definition) is 5. The molecule has 2 aromatic heterocycles. The molecule has 32 heavy (non-hydrogen) atoms. The van der Waals surface area contributed by atoms with Gasteiger partial charge in [0.2, 0.25) is 5.91 Å². The fraction of sp³-hybridized carbons (Fsp3) is 0.364. The molecule has 0 radical (unpaired) electrons. The van der Waals surface area contributed by atoms with Gasteiger partial charge in [-0.25, -0.2) is 0 Å². The molecule has 1 fully saturated rings. The molecule has 0 N–H and O–H groups in total. The predicted octanol–water partition coefficient (Wildman–Crippen LogP) is 4.84. The predicted molar refractivity (Wildman–Crippen MR) is 115 cm³/mol. The summed E-state index contributed by atoms with van der Waals surface area (Å²) in [5.74, 6) is 0.483. The van der Waals surface area contributed by atoms with Gasteiger partial charge in [-0.2, -0.15) is 13.2 Å². The molecule has 10 heteroatoms. The highest BCUT2D eigenvalue weighted by molar-refractivity contribution is 7.99. The summed E-state index contributed by atoms with van der Waals surface area (Å²) >= 11 is 1.17. The molecule has 1 atom stereocenters. The number of amides is 1. The van der Waals surface area contributed by atoms with Crippen LogP contribution in [0, 0.1) is 0 Å².